The Labute approximate surface area is 334 Å². The van der Waals surface area contributed by atoms with E-state index < -0.39 is 13.3 Å². The Balaban J connectivity index is 0.000000211. The Morgan fingerprint density at radius 3 is 2.35 bits per heavy atom. The first-order chi connectivity index (χ1) is 26.9. The fraction of sp³-hybridized carbons (Fsp3) is 0.111. The first-order valence-electron chi connectivity index (χ1n) is 18.7. The van der Waals surface area contributed by atoms with E-state index in [1.54, 1.807) is 30.6 Å². The second-order valence-corrected chi connectivity index (χ2v) is 24.5. The van der Waals surface area contributed by atoms with Gasteiger partial charge in [-0.15, -0.1) is 12.1 Å². The summed E-state index contributed by atoms with van der Waals surface area (Å²) in [5.41, 5.74) is 9.82. The van der Waals surface area contributed by atoms with E-state index in [9.17, 15) is 4.39 Å². The number of benzene rings is 4. The van der Waals surface area contributed by atoms with Crippen LogP contribution in [0.3, 0.4) is 0 Å². The summed E-state index contributed by atoms with van der Waals surface area (Å²) in [6.45, 7) is 3.98. The van der Waals surface area contributed by atoms with E-state index in [0.717, 1.165) is 55.6 Å². The number of hydrogen-bond donors (Lipinski definition) is 0. The van der Waals surface area contributed by atoms with Gasteiger partial charge in [-0.3, -0.25) is 15.0 Å². The van der Waals surface area contributed by atoms with Gasteiger partial charge in [0, 0.05) is 48.8 Å². The van der Waals surface area contributed by atoms with Crippen LogP contribution >= 0.6 is 0 Å². The van der Waals surface area contributed by atoms with E-state index >= 15 is 0 Å². The molecule has 0 atom stereocenters. The Morgan fingerprint density at radius 1 is 0.852 bits per heavy atom. The maximum Gasteiger partial charge on any atom is 0 e. The van der Waals surface area contributed by atoms with Crippen molar-refractivity contribution in [2.24, 2.45) is 0 Å². The smallest absolute Gasteiger partial charge is 0 e. The molecule has 6 nitrogen and oxygen atoms in total. The van der Waals surface area contributed by atoms with Crippen LogP contribution in [0.2, 0.25) is 17.3 Å². The average Bonchev–Trinajstić information content (AvgIpc) is 3.76. The van der Waals surface area contributed by atoms with Crippen LogP contribution in [0.1, 0.15) is 15.5 Å². The van der Waals surface area contributed by atoms with E-state index in [2.05, 4.69) is 73.2 Å². The molecule has 0 N–H and O–H groups in total. The van der Waals surface area contributed by atoms with Crippen LogP contribution in [-0.2, 0) is 20.1 Å². The zero-order chi connectivity index (χ0) is 39.3. The van der Waals surface area contributed by atoms with Gasteiger partial charge in [0.1, 0.15) is 11.4 Å². The predicted molar refractivity (Wildman–Crippen MR) is 215 cm³/mol. The molecule has 0 aliphatic carbocycles. The number of halogens is 1. The van der Waals surface area contributed by atoms with E-state index in [-0.39, 0.29) is 44.0 Å². The van der Waals surface area contributed by atoms with E-state index in [1.165, 1.54) is 16.5 Å². The number of furan rings is 1. The molecule has 0 amide bonds. The van der Waals surface area contributed by atoms with Crippen LogP contribution in [0, 0.1) is 31.8 Å². The molecule has 0 saturated carbocycles. The summed E-state index contributed by atoms with van der Waals surface area (Å²) < 4.78 is 46.3. The van der Waals surface area contributed by atoms with Crippen molar-refractivity contribution in [3.05, 3.63) is 157 Å². The van der Waals surface area contributed by atoms with Gasteiger partial charge in [-0.05, 0) is 61.7 Å². The van der Waals surface area contributed by atoms with Crippen LogP contribution in [-0.4, -0.2) is 37.8 Å². The number of nitrogens with zero attached hydrogens (tertiary/aromatic N) is 5. The van der Waals surface area contributed by atoms with Gasteiger partial charge in [0.15, 0.2) is 0 Å². The Kier molecular flexibility index (Phi) is 9.39. The fourth-order valence-electron chi connectivity index (χ4n) is 6.51. The van der Waals surface area contributed by atoms with Gasteiger partial charge >= 0.3 is 104 Å². The van der Waals surface area contributed by atoms with Crippen molar-refractivity contribution >= 4 is 50.6 Å². The molecule has 9 rings (SSSR count). The quantitative estimate of drug-likeness (QED) is 0.127. The van der Waals surface area contributed by atoms with Gasteiger partial charge in [0.2, 0.25) is 0 Å². The predicted octanol–water partition coefficient (Wildman–Crippen LogP) is 10.7. The summed E-state index contributed by atoms with van der Waals surface area (Å²) in [4.78, 5) is 18.3. The van der Waals surface area contributed by atoms with E-state index in [0.29, 0.717) is 28.2 Å². The first-order valence-corrected chi connectivity index (χ1v) is 24.6. The zero-order valence-electron chi connectivity index (χ0n) is 33.2. The number of para-hydroxylation sites is 2. The van der Waals surface area contributed by atoms with Gasteiger partial charge in [0.05, 0.1) is 28.6 Å². The third kappa shape index (κ3) is 7.29. The number of imidazole rings is 1. The Hall–Kier alpha value is -5.28. The third-order valence-electron chi connectivity index (χ3n) is 9.07. The van der Waals surface area contributed by atoms with Crippen molar-refractivity contribution < 1.29 is 33.0 Å². The van der Waals surface area contributed by atoms with Gasteiger partial charge < -0.3 is 8.98 Å². The summed E-state index contributed by atoms with van der Waals surface area (Å²) >= 11 is -1.86. The molecule has 5 heterocycles. The molecule has 0 aliphatic rings. The van der Waals surface area contributed by atoms with Gasteiger partial charge in [-0.2, -0.15) is 0 Å². The first kappa shape index (κ1) is 33.3. The number of rotatable bonds is 5. The van der Waals surface area contributed by atoms with Crippen LogP contribution < -0.4 is 4.40 Å². The molecular formula is C45H36FGeIrN5O-2. The molecule has 9 heteroatoms. The number of aryl methyl sites for hydroxylation is 2. The molecule has 54 heavy (non-hydrogen) atoms. The molecule has 5 aromatic heterocycles. The summed E-state index contributed by atoms with van der Waals surface area (Å²) in [6.07, 6.45) is 5.36. The molecule has 0 saturated heterocycles. The monoisotopic (exact) mass is 951 g/mol. The van der Waals surface area contributed by atoms with Crippen LogP contribution in [0.25, 0.3) is 72.4 Å². The maximum absolute atomic E-state index is 13.7. The summed E-state index contributed by atoms with van der Waals surface area (Å²) in [6, 6.07) is 34.2. The number of hydrogen-bond acceptors (Lipinski definition) is 5. The average molecular weight is 950 g/mol. The van der Waals surface area contributed by atoms with Crippen molar-refractivity contribution in [2.75, 3.05) is 0 Å². The molecule has 269 valence electrons. The van der Waals surface area contributed by atoms with Crippen molar-refractivity contribution in [3.63, 3.8) is 0 Å². The standard InChI is InChI=1S/C31H20FN4O.C14H16GeN.Ir/c1-18-15-22(16-19(2)34-18)36-27-6-4-3-5-26(27)35-31(36)25-12-11-23(20-7-9-21(32)10-8-20)29-24-13-14-33-17-28(24)37-30(25)29;1-15(2,3)13-9-10-14(16-11-13)12-7-5-4-6-8-12;/h3-11,13-17H,1-2H3;4-7,9-11H,1-3H3;/q2*-1;/i;4D,5D,6D;. The van der Waals surface area contributed by atoms with Crippen molar-refractivity contribution in [2.45, 2.75) is 31.1 Å². The van der Waals surface area contributed by atoms with Crippen molar-refractivity contribution in [1.29, 1.82) is 0 Å². The van der Waals surface area contributed by atoms with Crippen LogP contribution in [0.15, 0.2) is 132 Å². The molecule has 0 aliphatic heterocycles. The summed E-state index contributed by atoms with van der Waals surface area (Å²) in [7, 11) is 0. The number of pyridine rings is 3. The minimum atomic E-state index is -1.86. The normalized spacial score (nSPS) is 12.1. The SMILES string of the molecule is Cc1cc(-n2c(-c3[c-]cc(-c4ccc(F)cc4)c4c3oc3cnccc34)nc3ccccc32)cc(C)n1.[2H]c1[c-]c(-c2cc[c]([Ge]([CH3])([CH3])[CH3])cn2)cc([2H])c1[2H].[Ir]. The molecule has 1 radical (unpaired) electrons. The van der Waals surface area contributed by atoms with E-state index in [4.69, 9.17) is 13.5 Å². The third-order valence-corrected chi connectivity index (χ3v) is 13.3. The topological polar surface area (TPSA) is 69.6 Å². The number of aromatic nitrogens is 5. The van der Waals surface area contributed by atoms with Gasteiger partial charge in [-0.1, -0.05) is 41.0 Å². The van der Waals surface area contributed by atoms with Crippen LogP contribution in [0.5, 0.6) is 0 Å². The fourth-order valence-corrected chi connectivity index (χ4v) is 8.68. The maximum atomic E-state index is 13.7. The van der Waals surface area contributed by atoms with Gasteiger partial charge in [-0.25, -0.2) is 4.39 Å². The second-order valence-electron chi connectivity index (χ2n) is 13.9. The second kappa shape index (κ2) is 15.2. The minimum Gasteiger partial charge on any atom is 0 e. The molecule has 0 bridgehead atoms. The number of fused-ring (bicyclic) bond motifs is 4. The summed E-state index contributed by atoms with van der Waals surface area (Å²) in [5.74, 6) is 7.36. The molecule has 9 aromatic rings. The Bertz CT molecular complexity index is 2880. The van der Waals surface area contributed by atoms with Crippen molar-refractivity contribution in [1.82, 2.24) is 24.5 Å². The zero-order valence-corrected chi connectivity index (χ0v) is 34.7. The Morgan fingerprint density at radius 2 is 1.63 bits per heavy atom. The molecule has 0 unspecified atom stereocenters. The summed E-state index contributed by atoms with van der Waals surface area (Å²) in [5, 5.41) is 1.84. The van der Waals surface area contributed by atoms with Gasteiger partial charge in [0.25, 0.3) is 0 Å². The molecule has 0 fully saturated rings. The van der Waals surface area contributed by atoms with Crippen molar-refractivity contribution in [3.8, 4) is 39.5 Å². The molecule has 0 spiro atoms. The molecule has 4 aromatic carbocycles. The largest absolute Gasteiger partial charge is 0 e. The minimum absolute atomic E-state index is 0. The van der Waals surface area contributed by atoms with Crippen LogP contribution in [0.4, 0.5) is 4.39 Å². The molecular weight excluding hydrogens is 910 g/mol. The van der Waals surface area contributed by atoms with E-state index in [1.807, 2.05) is 56.4 Å².